The molecule has 0 aliphatic rings. The van der Waals surface area contributed by atoms with Gasteiger partial charge in [-0.3, -0.25) is 4.79 Å². The van der Waals surface area contributed by atoms with E-state index in [1.165, 1.54) is 0 Å². The van der Waals surface area contributed by atoms with Crippen LogP contribution in [0.5, 0.6) is 0 Å². The zero-order chi connectivity index (χ0) is 14.5. The topological polar surface area (TPSA) is 41.1 Å². The Bertz CT molecular complexity index is 632. The number of carbonyl (C=O) groups excluding carboxylic acids is 1. The molecule has 0 bridgehead atoms. The van der Waals surface area contributed by atoms with Crippen molar-refractivity contribution in [2.45, 2.75) is 0 Å². The number of nitrogens with one attached hydrogen (secondary N) is 2. The molecule has 0 unspecified atom stereocenters. The summed E-state index contributed by atoms with van der Waals surface area (Å²) in [5, 5.41) is 7.07. The second-order valence-electron chi connectivity index (χ2n) is 4.01. The number of hydrogen-bond acceptors (Lipinski definition) is 2. The van der Waals surface area contributed by atoms with Gasteiger partial charge in [0.2, 0.25) is 5.91 Å². The van der Waals surface area contributed by atoms with Crippen molar-refractivity contribution in [3.05, 3.63) is 57.5 Å². The average Bonchev–Trinajstić information content (AvgIpc) is 2.43. The SMILES string of the molecule is O=C(CNc1ccc(Cl)c(Cl)c1)Nc1ccccc1Cl. The molecular formula is C14H11Cl3N2O. The summed E-state index contributed by atoms with van der Waals surface area (Å²) in [6.07, 6.45) is 0. The van der Waals surface area contributed by atoms with Gasteiger partial charge in [-0.1, -0.05) is 46.9 Å². The highest BCUT2D eigenvalue weighted by Crippen LogP contribution is 2.25. The summed E-state index contributed by atoms with van der Waals surface area (Å²) in [6, 6.07) is 12.1. The van der Waals surface area contributed by atoms with Crippen LogP contribution in [0.25, 0.3) is 0 Å². The maximum atomic E-state index is 11.8. The molecule has 6 heteroatoms. The second kappa shape index (κ2) is 6.84. The number of halogens is 3. The lowest BCUT2D eigenvalue weighted by atomic mass is 10.3. The Labute approximate surface area is 131 Å². The molecule has 0 fully saturated rings. The first kappa shape index (κ1) is 15.0. The van der Waals surface area contributed by atoms with Gasteiger partial charge in [0.05, 0.1) is 27.3 Å². The smallest absolute Gasteiger partial charge is 0.243 e. The van der Waals surface area contributed by atoms with Crippen molar-refractivity contribution in [3.63, 3.8) is 0 Å². The Hall–Kier alpha value is -1.42. The highest BCUT2D eigenvalue weighted by molar-refractivity contribution is 6.42. The van der Waals surface area contributed by atoms with Crippen LogP contribution in [0.3, 0.4) is 0 Å². The predicted octanol–water partition coefficient (Wildman–Crippen LogP) is 4.70. The standard InChI is InChI=1S/C14H11Cl3N2O/c15-10-6-5-9(7-12(10)17)18-8-14(20)19-13-4-2-1-3-11(13)16/h1-7,18H,8H2,(H,19,20). The zero-order valence-electron chi connectivity index (χ0n) is 10.3. The molecule has 0 heterocycles. The van der Waals surface area contributed by atoms with E-state index in [0.717, 1.165) is 0 Å². The minimum absolute atomic E-state index is 0.100. The van der Waals surface area contributed by atoms with Crippen LogP contribution in [-0.2, 0) is 4.79 Å². The summed E-state index contributed by atoms with van der Waals surface area (Å²) in [5.41, 5.74) is 1.30. The maximum absolute atomic E-state index is 11.8. The van der Waals surface area contributed by atoms with E-state index in [1.54, 1.807) is 42.5 Å². The molecule has 0 aliphatic heterocycles. The lowest BCUT2D eigenvalue weighted by Gasteiger charge is -2.09. The van der Waals surface area contributed by atoms with Gasteiger partial charge in [0, 0.05) is 5.69 Å². The first-order chi connectivity index (χ1) is 9.56. The van der Waals surface area contributed by atoms with Crippen molar-refractivity contribution in [1.82, 2.24) is 0 Å². The molecule has 20 heavy (non-hydrogen) atoms. The zero-order valence-corrected chi connectivity index (χ0v) is 12.6. The van der Waals surface area contributed by atoms with Crippen molar-refractivity contribution in [2.24, 2.45) is 0 Å². The van der Waals surface area contributed by atoms with Gasteiger partial charge in [-0.15, -0.1) is 0 Å². The average molecular weight is 330 g/mol. The monoisotopic (exact) mass is 328 g/mol. The van der Waals surface area contributed by atoms with Crippen LogP contribution >= 0.6 is 34.8 Å². The first-order valence-corrected chi connectivity index (χ1v) is 6.93. The quantitative estimate of drug-likeness (QED) is 0.854. The molecule has 0 aromatic heterocycles. The third-order valence-electron chi connectivity index (χ3n) is 2.52. The minimum atomic E-state index is -0.204. The molecule has 0 saturated carbocycles. The predicted molar refractivity (Wildman–Crippen MR) is 85.0 cm³/mol. The van der Waals surface area contributed by atoms with Gasteiger partial charge in [-0.25, -0.2) is 0 Å². The molecule has 2 N–H and O–H groups in total. The molecule has 0 aliphatic carbocycles. The molecule has 1 amide bonds. The van der Waals surface area contributed by atoms with Crippen LogP contribution in [0.15, 0.2) is 42.5 Å². The van der Waals surface area contributed by atoms with E-state index < -0.39 is 0 Å². The highest BCUT2D eigenvalue weighted by atomic mass is 35.5. The van der Waals surface area contributed by atoms with E-state index in [-0.39, 0.29) is 12.5 Å². The summed E-state index contributed by atoms with van der Waals surface area (Å²) >= 11 is 17.7. The van der Waals surface area contributed by atoms with Crippen molar-refractivity contribution < 1.29 is 4.79 Å². The minimum Gasteiger partial charge on any atom is -0.376 e. The Morgan fingerprint density at radius 1 is 0.950 bits per heavy atom. The molecule has 2 rings (SSSR count). The van der Waals surface area contributed by atoms with E-state index in [1.807, 2.05) is 0 Å². The Kier molecular flexibility index (Phi) is 5.12. The van der Waals surface area contributed by atoms with Crippen molar-refractivity contribution in [1.29, 1.82) is 0 Å². The molecule has 0 atom stereocenters. The number of para-hydroxylation sites is 1. The fourth-order valence-corrected chi connectivity index (χ4v) is 2.03. The van der Waals surface area contributed by atoms with Gasteiger partial charge >= 0.3 is 0 Å². The molecule has 104 valence electrons. The highest BCUT2D eigenvalue weighted by Gasteiger charge is 2.05. The fraction of sp³-hybridized carbons (Fsp3) is 0.0714. The molecule has 2 aromatic carbocycles. The third-order valence-corrected chi connectivity index (χ3v) is 3.59. The van der Waals surface area contributed by atoms with E-state index in [9.17, 15) is 4.79 Å². The number of benzene rings is 2. The van der Waals surface area contributed by atoms with Gasteiger partial charge < -0.3 is 10.6 Å². The first-order valence-electron chi connectivity index (χ1n) is 5.79. The summed E-state index contributed by atoms with van der Waals surface area (Å²) in [6.45, 7) is 0.100. The normalized spacial score (nSPS) is 10.2. The third kappa shape index (κ3) is 4.04. The molecule has 0 saturated heterocycles. The van der Waals surface area contributed by atoms with Gasteiger partial charge in [0.1, 0.15) is 0 Å². The molecular weight excluding hydrogens is 319 g/mol. The van der Waals surface area contributed by atoms with E-state index in [4.69, 9.17) is 34.8 Å². The van der Waals surface area contributed by atoms with Crippen LogP contribution in [-0.4, -0.2) is 12.5 Å². The number of hydrogen-bond donors (Lipinski definition) is 2. The largest absolute Gasteiger partial charge is 0.376 e. The Balaban J connectivity index is 1.92. The van der Waals surface area contributed by atoms with E-state index >= 15 is 0 Å². The van der Waals surface area contributed by atoms with Crippen LogP contribution in [0.1, 0.15) is 0 Å². The van der Waals surface area contributed by atoms with Crippen LogP contribution in [0.4, 0.5) is 11.4 Å². The van der Waals surface area contributed by atoms with Crippen molar-refractivity contribution >= 4 is 52.1 Å². The Morgan fingerprint density at radius 2 is 1.70 bits per heavy atom. The molecule has 2 aromatic rings. The number of anilines is 2. The van der Waals surface area contributed by atoms with Crippen LogP contribution in [0, 0.1) is 0 Å². The number of carbonyl (C=O) groups is 1. The number of amides is 1. The summed E-state index contributed by atoms with van der Waals surface area (Å²) in [5.74, 6) is -0.204. The van der Waals surface area contributed by atoms with Crippen LogP contribution < -0.4 is 10.6 Å². The van der Waals surface area contributed by atoms with Crippen molar-refractivity contribution in [2.75, 3.05) is 17.2 Å². The summed E-state index contributed by atoms with van der Waals surface area (Å²) in [7, 11) is 0. The van der Waals surface area contributed by atoms with Gasteiger partial charge in [-0.05, 0) is 30.3 Å². The van der Waals surface area contributed by atoms with E-state index in [2.05, 4.69) is 10.6 Å². The molecule has 0 radical (unpaired) electrons. The van der Waals surface area contributed by atoms with E-state index in [0.29, 0.717) is 26.4 Å². The van der Waals surface area contributed by atoms with Crippen molar-refractivity contribution in [3.8, 4) is 0 Å². The lowest BCUT2D eigenvalue weighted by Crippen LogP contribution is -2.21. The van der Waals surface area contributed by atoms with Gasteiger partial charge in [0.25, 0.3) is 0 Å². The number of rotatable bonds is 4. The van der Waals surface area contributed by atoms with Gasteiger partial charge in [-0.2, -0.15) is 0 Å². The summed E-state index contributed by atoms with van der Waals surface area (Å²) < 4.78 is 0. The Morgan fingerprint density at radius 3 is 2.40 bits per heavy atom. The lowest BCUT2D eigenvalue weighted by molar-refractivity contribution is -0.114. The maximum Gasteiger partial charge on any atom is 0.243 e. The van der Waals surface area contributed by atoms with Gasteiger partial charge in [0.15, 0.2) is 0 Å². The fourth-order valence-electron chi connectivity index (χ4n) is 1.55. The molecule has 0 spiro atoms. The molecule has 3 nitrogen and oxygen atoms in total. The second-order valence-corrected chi connectivity index (χ2v) is 5.23. The summed E-state index contributed by atoms with van der Waals surface area (Å²) in [4.78, 5) is 11.8. The van der Waals surface area contributed by atoms with Crippen LogP contribution in [0.2, 0.25) is 15.1 Å².